The molecule has 1 aliphatic heterocycles. The summed E-state index contributed by atoms with van der Waals surface area (Å²) in [5, 5.41) is 10.3. The summed E-state index contributed by atoms with van der Waals surface area (Å²) in [4.78, 5) is 18.7. The maximum atomic E-state index is 13.2. The van der Waals surface area contributed by atoms with E-state index in [4.69, 9.17) is 17.3 Å². The first kappa shape index (κ1) is 16.5. The number of nitrogens with one attached hydrogen (secondary N) is 1. The van der Waals surface area contributed by atoms with Crippen LogP contribution in [0.3, 0.4) is 0 Å². The van der Waals surface area contributed by atoms with E-state index >= 15 is 0 Å². The van der Waals surface area contributed by atoms with Crippen molar-refractivity contribution in [2.75, 3.05) is 11.1 Å². The van der Waals surface area contributed by atoms with E-state index in [0.29, 0.717) is 17.4 Å². The van der Waals surface area contributed by atoms with E-state index in [1.54, 1.807) is 16.0 Å². The van der Waals surface area contributed by atoms with Crippen LogP contribution in [0.25, 0.3) is 0 Å². The normalized spacial score (nSPS) is 21.6. The Morgan fingerprint density at radius 3 is 2.93 bits per heavy atom. The zero-order valence-electron chi connectivity index (χ0n) is 14.2. The summed E-state index contributed by atoms with van der Waals surface area (Å²) in [5.74, 6) is 1.02. The van der Waals surface area contributed by atoms with Gasteiger partial charge in [0.1, 0.15) is 6.04 Å². The van der Waals surface area contributed by atoms with Crippen LogP contribution < -0.4 is 11.1 Å². The number of fused-ring (bicyclic) bond motifs is 1. The van der Waals surface area contributed by atoms with Gasteiger partial charge in [-0.05, 0) is 35.6 Å². The molecule has 3 heterocycles. The van der Waals surface area contributed by atoms with Gasteiger partial charge in [0.2, 0.25) is 11.9 Å². The van der Waals surface area contributed by atoms with Gasteiger partial charge in [-0.15, -0.1) is 16.4 Å². The molecule has 0 saturated heterocycles. The number of nitrogen functional groups attached to an aromatic ring is 1. The number of halogens is 1. The van der Waals surface area contributed by atoms with Gasteiger partial charge in [0.25, 0.3) is 0 Å². The number of allylic oxidation sites excluding steroid dienone is 2. The largest absolute Gasteiger partial charge is 0.366 e. The highest BCUT2D eigenvalue weighted by Crippen LogP contribution is 2.45. The zero-order valence-corrected chi connectivity index (χ0v) is 15.8. The number of benzene rings is 1. The topological polar surface area (TPSA) is 85.8 Å². The van der Waals surface area contributed by atoms with Gasteiger partial charge in [0, 0.05) is 33.5 Å². The number of aromatic nitrogens is 3. The number of carbonyl (C=O) groups excluding carboxylic acids is 1. The fourth-order valence-electron chi connectivity index (χ4n) is 3.94. The Balaban J connectivity index is 1.65. The molecule has 3 aromatic rings. The third-order valence-corrected chi connectivity index (χ3v) is 6.32. The van der Waals surface area contributed by atoms with E-state index in [0.717, 1.165) is 23.3 Å². The van der Waals surface area contributed by atoms with Gasteiger partial charge in [0.05, 0.1) is 0 Å². The first-order valence-corrected chi connectivity index (χ1v) is 9.90. The van der Waals surface area contributed by atoms with Crippen molar-refractivity contribution in [3.05, 3.63) is 68.5 Å². The molecule has 1 aliphatic carbocycles. The Hall–Kier alpha value is -2.64. The Morgan fingerprint density at radius 1 is 1.26 bits per heavy atom. The maximum Gasteiger partial charge on any atom is 0.241 e. The average molecular weight is 398 g/mol. The number of thiophene rings is 1. The predicted octanol–water partition coefficient (Wildman–Crippen LogP) is 3.99. The van der Waals surface area contributed by atoms with E-state index in [1.807, 2.05) is 35.7 Å². The van der Waals surface area contributed by atoms with Crippen LogP contribution in [-0.2, 0) is 4.79 Å². The molecular weight excluding hydrogens is 382 g/mol. The predicted molar refractivity (Wildman–Crippen MR) is 106 cm³/mol. The first-order chi connectivity index (χ1) is 13.1. The van der Waals surface area contributed by atoms with Gasteiger partial charge < -0.3 is 11.1 Å². The van der Waals surface area contributed by atoms with Crippen LogP contribution in [0, 0.1) is 0 Å². The van der Waals surface area contributed by atoms with Crippen molar-refractivity contribution in [2.24, 2.45) is 0 Å². The number of anilines is 2. The molecule has 5 rings (SSSR count). The van der Waals surface area contributed by atoms with Crippen LogP contribution in [0.5, 0.6) is 0 Å². The Bertz CT molecular complexity index is 1070. The fourth-order valence-corrected chi connectivity index (χ4v) is 4.97. The number of hydrogen-bond acceptors (Lipinski definition) is 6. The fraction of sp³-hybridized carbons (Fsp3) is 0.211. The molecule has 0 unspecified atom stereocenters. The third kappa shape index (κ3) is 2.74. The van der Waals surface area contributed by atoms with Crippen molar-refractivity contribution in [1.82, 2.24) is 14.8 Å². The van der Waals surface area contributed by atoms with Gasteiger partial charge in [-0.3, -0.25) is 4.79 Å². The quantitative estimate of drug-likeness (QED) is 0.682. The molecule has 0 bridgehead atoms. The summed E-state index contributed by atoms with van der Waals surface area (Å²) >= 11 is 7.90. The molecule has 136 valence electrons. The molecule has 0 fully saturated rings. The molecule has 1 aromatic carbocycles. The number of carbonyl (C=O) groups is 1. The van der Waals surface area contributed by atoms with E-state index in [9.17, 15) is 4.79 Å². The summed E-state index contributed by atoms with van der Waals surface area (Å²) in [5.41, 5.74) is 8.36. The SMILES string of the molecule is Nc1nc2n(n1)[C@@H](c1cccc(Cl)c1)C1=C(C[C@H](c3cccs3)CC1=O)N2. The lowest BCUT2D eigenvalue weighted by Gasteiger charge is -2.34. The van der Waals surface area contributed by atoms with Crippen molar-refractivity contribution in [1.29, 1.82) is 0 Å². The van der Waals surface area contributed by atoms with Crippen LogP contribution in [0.2, 0.25) is 5.02 Å². The smallest absolute Gasteiger partial charge is 0.241 e. The Kier molecular flexibility index (Phi) is 3.80. The number of rotatable bonds is 2. The van der Waals surface area contributed by atoms with E-state index in [2.05, 4.69) is 21.5 Å². The van der Waals surface area contributed by atoms with Crippen LogP contribution in [0.4, 0.5) is 11.9 Å². The minimum Gasteiger partial charge on any atom is -0.366 e. The van der Waals surface area contributed by atoms with Gasteiger partial charge in [-0.1, -0.05) is 29.8 Å². The number of hydrogen-bond donors (Lipinski definition) is 2. The van der Waals surface area contributed by atoms with Crippen molar-refractivity contribution >= 4 is 40.6 Å². The molecule has 0 saturated carbocycles. The highest BCUT2D eigenvalue weighted by molar-refractivity contribution is 7.10. The van der Waals surface area contributed by atoms with Gasteiger partial charge in [-0.2, -0.15) is 4.98 Å². The lowest BCUT2D eigenvalue weighted by atomic mass is 9.80. The second kappa shape index (κ2) is 6.21. The number of nitrogens with two attached hydrogens (primary N) is 1. The maximum absolute atomic E-state index is 13.2. The molecule has 0 spiro atoms. The minimum atomic E-state index is -0.378. The van der Waals surface area contributed by atoms with E-state index in [1.165, 1.54) is 4.88 Å². The molecule has 6 nitrogen and oxygen atoms in total. The molecule has 8 heteroatoms. The second-order valence-electron chi connectivity index (χ2n) is 6.76. The molecule has 0 radical (unpaired) electrons. The van der Waals surface area contributed by atoms with Gasteiger partial charge in [-0.25, -0.2) is 4.68 Å². The summed E-state index contributed by atoms with van der Waals surface area (Å²) in [6.45, 7) is 0. The third-order valence-electron chi connectivity index (χ3n) is 5.05. The number of Topliss-reactive ketones (excluding diaryl/α,β-unsaturated/α-hetero) is 1. The summed E-state index contributed by atoms with van der Waals surface area (Å²) in [6.07, 6.45) is 1.24. The highest BCUT2D eigenvalue weighted by atomic mass is 35.5. The van der Waals surface area contributed by atoms with Crippen molar-refractivity contribution in [3.63, 3.8) is 0 Å². The second-order valence-corrected chi connectivity index (χ2v) is 8.17. The van der Waals surface area contributed by atoms with Crippen LogP contribution in [0.1, 0.15) is 35.2 Å². The monoisotopic (exact) mass is 397 g/mol. The highest BCUT2D eigenvalue weighted by Gasteiger charge is 2.39. The van der Waals surface area contributed by atoms with Gasteiger partial charge in [0.15, 0.2) is 5.78 Å². The lowest BCUT2D eigenvalue weighted by Crippen LogP contribution is -2.33. The van der Waals surface area contributed by atoms with Gasteiger partial charge >= 0.3 is 0 Å². The molecule has 2 atom stereocenters. The summed E-state index contributed by atoms with van der Waals surface area (Å²) in [7, 11) is 0. The molecule has 2 aliphatic rings. The molecule has 27 heavy (non-hydrogen) atoms. The first-order valence-electron chi connectivity index (χ1n) is 8.64. The summed E-state index contributed by atoms with van der Waals surface area (Å²) < 4.78 is 1.68. The van der Waals surface area contributed by atoms with Crippen LogP contribution in [0.15, 0.2) is 53.0 Å². The number of nitrogens with zero attached hydrogens (tertiary/aromatic N) is 3. The standard InChI is InChI=1S/C19H16ClN5OS/c20-12-4-1-3-10(7-12)17-16-13(22-19-23-18(21)24-25(17)19)8-11(9-14(16)26)15-5-2-6-27-15/h1-7,11,17H,8-9H2,(H3,21,22,23,24)/t11-,17-/m0/s1. The van der Waals surface area contributed by atoms with Crippen molar-refractivity contribution in [2.45, 2.75) is 24.8 Å². The van der Waals surface area contributed by atoms with E-state index < -0.39 is 0 Å². The molecule has 3 N–H and O–H groups in total. The molecular formula is C19H16ClN5OS. The summed E-state index contributed by atoms with van der Waals surface area (Å²) in [6, 6.07) is 11.2. The van der Waals surface area contributed by atoms with Crippen molar-refractivity contribution in [3.8, 4) is 0 Å². The minimum absolute atomic E-state index is 0.117. The lowest BCUT2D eigenvalue weighted by molar-refractivity contribution is -0.116. The Labute approximate surface area is 164 Å². The Morgan fingerprint density at radius 2 is 2.15 bits per heavy atom. The molecule has 0 amide bonds. The van der Waals surface area contributed by atoms with Crippen molar-refractivity contribution < 1.29 is 4.79 Å². The zero-order chi connectivity index (χ0) is 18.5. The average Bonchev–Trinajstić information content (AvgIpc) is 3.28. The number of ketones is 1. The van der Waals surface area contributed by atoms with E-state index in [-0.39, 0.29) is 23.7 Å². The van der Waals surface area contributed by atoms with Crippen LogP contribution >= 0.6 is 22.9 Å². The van der Waals surface area contributed by atoms with Crippen LogP contribution in [-0.4, -0.2) is 20.5 Å². The molecule has 2 aromatic heterocycles.